The number of fused-ring (bicyclic) bond motifs is 8. The Kier molecular flexibility index (Phi) is 8.44. The number of para-hydroxylation sites is 2. The molecule has 0 aliphatic heterocycles. The van der Waals surface area contributed by atoms with Crippen LogP contribution in [0, 0.1) is 0 Å². The number of aromatic nitrogens is 3. The highest BCUT2D eigenvalue weighted by Crippen LogP contribution is 2.51. The molecule has 0 fully saturated rings. The Morgan fingerprint density at radius 3 is 1.68 bits per heavy atom. The van der Waals surface area contributed by atoms with Crippen LogP contribution in [-0.2, 0) is 5.41 Å². The van der Waals surface area contributed by atoms with Crippen molar-refractivity contribution >= 4 is 49.8 Å². The van der Waals surface area contributed by atoms with Gasteiger partial charge in [-0.05, 0) is 93.4 Å². The van der Waals surface area contributed by atoms with E-state index in [0.29, 0.717) is 17.5 Å². The number of benzene rings is 9. The average molecular weight is 809 g/mol. The lowest BCUT2D eigenvalue weighted by Gasteiger charge is -2.28. The van der Waals surface area contributed by atoms with Crippen molar-refractivity contribution in [1.29, 1.82) is 0 Å². The van der Waals surface area contributed by atoms with E-state index < -0.39 is 0 Å². The van der Waals surface area contributed by atoms with Crippen molar-refractivity contribution in [2.24, 2.45) is 0 Å². The summed E-state index contributed by atoms with van der Waals surface area (Å²) in [5.41, 5.74) is 14.9. The minimum atomic E-state index is -0.150. The van der Waals surface area contributed by atoms with Gasteiger partial charge >= 0.3 is 0 Å². The van der Waals surface area contributed by atoms with E-state index in [1.807, 2.05) is 36.4 Å². The summed E-state index contributed by atoms with van der Waals surface area (Å²) in [5, 5.41) is 4.01. The van der Waals surface area contributed by atoms with Gasteiger partial charge in [0.25, 0.3) is 0 Å². The molecule has 2 aromatic heterocycles. The summed E-state index contributed by atoms with van der Waals surface area (Å²) in [6, 6.07) is 72.6. The van der Waals surface area contributed by atoms with Crippen LogP contribution in [0.1, 0.15) is 25.0 Å². The van der Waals surface area contributed by atoms with E-state index in [1.54, 1.807) is 0 Å². The summed E-state index contributed by atoms with van der Waals surface area (Å²) >= 11 is 0. The second-order valence-electron chi connectivity index (χ2n) is 16.8. The van der Waals surface area contributed by atoms with E-state index in [4.69, 9.17) is 19.4 Å². The number of hydrogen-bond donors (Lipinski definition) is 0. The Hall–Kier alpha value is -8.15. The van der Waals surface area contributed by atoms with E-state index in [-0.39, 0.29) is 5.41 Å². The summed E-state index contributed by atoms with van der Waals surface area (Å²) in [4.78, 5) is 18.1. The van der Waals surface area contributed by atoms with E-state index >= 15 is 0 Å². The Morgan fingerprint density at radius 2 is 0.921 bits per heavy atom. The third-order valence-electron chi connectivity index (χ3n) is 12.7. The van der Waals surface area contributed by atoms with Crippen molar-refractivity contribution in [3.63, 3.8) is 0 Å². The zero-order chi connectivity index (χ0) is 42.1. The molecule has 11 aromatic rings. The molecule has 63 heavy (non-hydrogen) atoms. The van der Waals surface area contributed by atoms with E-state index in [1.165, 1.54) is 22.3 Å². The van der Waals surface area contributed by atoms with Gasteiger partial charge in [-0.15, -0.1) is 0 Å². The molecule has 12 rings (SSSR count). The van der Waals surface area contributed by atoms with Crippen LogP contribution < -0.4 is 4.90 Å². The first-order chi connectivity index (χ1) is 31.0. The van der Waals surface area contributed by atoms with Crippen LogP contribution in [0.4, 0.5) is 17.1 Å². The molecule has 1 aliphatic carbocycles. The molecular formula is C58H40N4O. The van der Waals surface area contributed by atoms with Crippen molar-refractivity contribution in [3.05, 3.63) is 217 Å². The Morgan fingerprint density at radius 1 is 0.365 bits per heavy atom. The third-order valence-corrected chi connectivity index (χ3v) is 12.7. The van der Waals surface area contributed by atoms with Gasteiger partial charge in [0, 0.05) is 55.3 Å². The molecule has 0 N–H and O–H groups in total. The minimum absolute atomic E-state index is 0.150. The van der Waals surface area contributed by atoms with Crippen molar-refractivity contribution in [2.75, 3.05) is 4.90 Å². The number of hydrogen-bond acceptors (Lipinski definition) is 5. The van der Waals surface area contributed by atoms with Gasteiger partial charge in [0.1, 0.15) is 11.2 Å². The predicted octanol–water partition coefficient (Wildman–Crippen LogP) is 15.4. The molecule has 9 aromatic carbocycles. The SMILES string of the molecule is CC1(C)c2ccccc2-c2ccc(N(c3ccccc3)c3ccc4c(c3)c(-c3nc(-c5ccccc5)nc(-c5ccc(-c6ccccc6)cc5)n3)cc3c5ccccc5oc43)cc21. The summed E-state index contributed by atoms with van der Waals surface area (Å²) in [6.45, 7) is 4.67. The monoisotopic (exact) mass is 808 g/mol. The lowest BCUT2D eigenvalue weighted by atomic mass is 9.82. The fourth-order valence-corrected chi connectivity index (χ4v) is 9.55. The van der Waals surface area contributed by atoms with Gasteiger partial charge < -0.3 is 9.32 Å². The molecule has 0 radical (unpaired) electrons. The first kappa shape index (κ1) is 36.7. The predicted molar refractivity (Wildman–Crippen MR) is 259 cm³/mol. The minimum Gasteiger partial charge on any atom is -0.455 e. The van der Waals surface area contributed by atoms with Crippen LogP contribution in [0.5, 0.6) is 0 Å². The van der Waals surface area contributed by atoms with Gasteiger partial charge in [0.05, 0.1) is 0 Å². The maximum Gasteiger partial charge on any atom is 0.164 e. The first-order valence-corrected chi connectivity index (χ1v) is 21.4. The maximum atomic E-state index is 6.70. The molecule has 0 amide bonds. The van der Waals surface area contributed by atoms with Gasteiger partial charge in [-0.3, -0.25) is 0 Å². The molecule has 0 atom stereocenters. The molecule has 0 saturated carbocycles. The van der Waals surface area contributed by atoms with E-state index in [2.05, 4.69) is 189 Å². The largest absolute Gasteiger partial charge is 0.455 e. The lowest BCUT2D eigenvalue weighted by Crippen LogP contribution is -2.16. The van der Waals surface area contributed by atoms with Crippen molar-refractivity contribution < 1.29 is 4.42 Å². The van der Waals surface area contributed by atoms with Gasteiger partial charge in [-0.2, -0.15) is 0 Å². The molecule has 0 spiro atoms. The number of rotatable bonds is 7. The van der Waals surface area contributed by atoms with E-state index in [9.17, 15) is 0 Å². The number of nitrogens with zero attached hydrogens (tertiary/aromatic N) is 4. The normalized spacial score (nSPS) is 12.7. The topological polar surface area (TPSA) is 55.1 Å². The molecule has 5 heteroatoms. The van der Waals surface area contributed by atoms with Crippen LogP contribution >= 0.6 is 0 Å². The quantitative estimate of drug-likeness (QED) is 0.160. The summed E-state index contributed by atoms with van der Waals surface area (Å²) < 4.78 is 6.70. The lowest BCUT2D eigenvalue weighted by molar-refractivity contribution is 0.660. The zero-order valence-electron chi connectivity index (χ0n) is 34.8. The fourth-order valence-electron chi connectivity index (χ4n) is 9.55. The van der Waals surface area contributed by atoms with Crippen molar-refractivity contribution in [1.82, 2.24) is 15.0 Å². The third kappa shape index (κ3) is 6.12. The van der Waals surface area contributed by atoms with Gasteiger partial charge in [0.2, 0.25) is 0 Å². The smallest absolute Gasteiger partial charge is 0.164 e. The fraction of sp³-hybridized carbons (Fsp3) is 0.0517. The van der Waals surface area contributed by atoms with Crippen LogP contribution in [0.3, 0.4) is 0 Å². The molecule has 5 nitrogen and oxygen atoms in total. The number of anilines is 3. The molecule has 0 bridgehead atoms. The summed E-state index contributed by atoms with van der Waals surface area (Å²) in [6.07, 6.45) is 0. The standard InChI is InChI=1S/C58H40N4O/c1-58(2)51-24-14-12-22-44(51)45-32-30-43(35-52(45)58)62(41-20-10-5-11-21-41)42-31-33-47-48(34-42)50(36-49-46-23-13-15-25-53(46)63-54(47)49)57-60-55(39-18-8-4-9-19-39)59-56(61-57)40-28-26-38(27-29-40)37-16-6-3-7-17-37/h3-36H,1-2H3. The van der Waals surface area contributed by atoms with Crippen LogP contribution in [0.25, 0.3) is 89.1 Å². The average Bonchev–Trinajstić information content (AvgIpc) is 3.83. The van der Waals surface area contributed by atoms with Gasteiger partial charge in [-0.1, -0.05) is 166 Å². The molecular weight excluding hydrogens is 769 g/mol. The zero-order valence-corrected chi connectivity index (χ0v) is 34.8. The summed E-state index contributed by atoms with van der Waals surface area (Å²) in [7, 11) is 0. The Balaban J connectivity index is 1.09. The van der Waals surface area contributed by atoms with Gasteiger partial charge in [-0.25, -0.2) is 15.0 Å². The molecule has 0 saturated heterocycles. The highest BCUT2D eigenvalue weighted by Gasteiger charge is 2.36. The highest BCUT2D eigenvalue weighted by atomic mass is 16.3. The van der Waals surface area contributed by atoms with Crippen LogP contribution in [0.2, 0.25) is 0 Å². The Bertz CT molecular complexity index is 3520. The number of furan rings is 1. The van der Waals surface area contributed by atoms with Crippen LogP contribution in [-0.4, -0.2) is 15.0 Å². The Labute approximate surface area is 365 Å². The first-order valence-electron chi connectivity index (χ1n) is 21.4. The van der Waals surface area contributed by atoms with Gasteiger partial charge in [0.15, 0.2) is 17.5 Å². The molecule has 1 aliphatic rings. The molecule has 2 heterocycles. The maximum absolute atomic E-state index is 6.70. The summed E-state index contributed by atoms with van der Waals surface area (Å²) in [5.74, 6) is 1.80. The highest BCUT2D eigenvalue weighted by molar-refractivity contribution is 6.19. The van der Waals surface area contributed by atoms with Crippen LogP contribution in [0.15, 0.2) is 211 Å². The van der Waals surface area contributed by atoms with E-state index in [0.717, 1.165) is 77.6 Å². The molecule has 298 valence electrons. The molecule has 0 unspecified atom stereocenters. The second-order valence-corrected chi connectivity index (χ2v) is 16.8. The van der Waals surface area contributed by atoms with Crippen molar-refractivity contribution in [2.45, 2.75) is 19.3 Å². The van der Waals surface area contributed by atoms with Crippen molar-refractivity contribution in [3.8, 4) is 56.4 Å². The second kappa shape index (κ2) is 14.5.